The molecule has 1 unspecified atom stereocenters. The largest absolute Gasteiger partial charge is 0.497 e. The van der Waals surface area contributed by atoms with Crippen molar-refractivity contribution in [2.24, 2.45) is 0 Å². The van der Waals surface area contributed by atoms with Crippen LogP contribution in [0, 0.1) is 0 Å². The summed E-state index contributed by atoms with van der Waals surface area (Å²) in [4.78, 5) is 18.5. The van der Waals surface area contributed by atoms with E-state index in [0.29, 0.717) is 5.69 Å². The average Bonchev–Trinajstić information content (AvgIpc) is 3.18. The third kappa shape index (κ3) is 2.41. The Morgan fingerprint density at radius 2 is 2.20 bits per heavy atom. The van der Waals surface area contributed by atoms with Crippen LogP contribution in [0.25, 0.3) is 0 Å². The first-order valence-corrected chi connectivity index (χ1v) is 7.57. The maximum absolute atomic E-state index is 12.5. The summed E-state index contributed by atoms with van der Waals surface area (Å²) in [6, 6.07) is 8.11. The van der Waals surface area contributed by atoms with E-state index in [1.165, 1.54) is 11.3 Å². The second-order valence-electron chi connectivity index (χ2n) is 4.80. The van der Waals surface area contributed by atoms with Crippen molar-refractivity contribution in [1.82, 2.24) is 9.88 Å². The van der Waals surface area contributed by atoms with Crippen molar-refractivity contribution in [2.45, 2.75) is 18.9 Å². The van der Waals surface area contributed by atoms with Gasteiger partial charge in [0.1, 0.15) is 11.4 Å². The van der Waals surface area contributed by atoms with Crippen molar-refractivity contribution in [1.29, 1.82) is 0 Å². The second kappa shape index (κ2) is 5.63. The van der Waals surface area contributed by atoms with Crippen LogP contribution in [0.3, 0.4) is 0 Å². The van der Waals surface area contributed by atoms with Gasteiger partial charge in [-0.25, -0.2) is 4.98 Å². The van der Waals surface area contributed by atoms with Crippen LogP contribution < -0.4 is 4.74 Å². The van der Waals surface area contributed by atoms with Crippen LogP contribution in [-0.4, -0.2) is 29.4 Å². The smallest absolute Gasteiger partial charge is 0.273 e. The van der Waals surface area contributed by atoms with Crippen LogP contribution in [0.15, 0.2) is 35.2 Å². The quantitative estimate of drug-likeness (QED) is 0.871. The van der Waals surface area contributed by atoms with Crippen LogP contribution in [-0.2, 0) is 0 Å². The van der Waals surface area contributed by atoms with E-state index >= 15 is 0 Å². The number of likely N-dealkylation sites (tertiary alicyclic amines) is 1. The summed E-state index contributed by atoms with van der Waals surface area (Å²) in [6.07, 6.45) is 2.04. The summed E-state index contributed by atoms with van der Waals surface area (Å²) in [7, 11) is 1.66. The maximum atomic E-state index is 12.5. The zero-order valence-electron chi connectivity index (χ0n) is 11.3. The minimum atomic E-state index is 0.0320. The summed E-state index contributed by atoms with van der Waals surface area (Å²) >= 11 is 1.45. The molecule has 1 amide bonds. The van der Waals surface area contributed by atoms with Crippen LogP contribution >= 0.6 is 11.3 Å². The molecular weight excluding hydrogens is 272 g/mol. The number of hydrogen-bond acceptors (Lipinski definition) is 4. The molecule has 20 heavy (non-hydrogen) atoms. The van der Waals surface area contributed by atoms with Crippen LogP contribution in [0.4, 0.5) is 0 Å². The summed E-state index contributed by atoms with van der Waals surface area (Å²) in [5, 5.41) is 1.81. The molecule has 1 aliphatic heterocycles. The molecule has 5 heteroatoms. The van der Waals surface area contributed by atoms with Gasteiger partial charge in [0.25, 0.3) is 5.91 Å². The first-order valence-electron chi connectivity index (χ1n) is 6.62. The SMILES string of the molecule is COc1ccc(C2CCCN2C(=O)c2cscn2)cc1. The molecule has 4 nitrogen and oxygen atoms in total. The summed E-state index contributed by atoms with van der Waals surface area (Å²) in [5.41, 5.74) is 3.41. The second-order valence-corrected chi connectivity index (χ2v) is 5.52. The lowest BCUT2D eigenvalue weighted by Gasteiger charge is -2.24. The molecule has 1 aromatic heterocycles. The highest BCUT2D eigenvalue weighted by atomic mass is 32.1. The van der Waals surface area contributed by atoms with Gasteiger partial charge in [0.15, 0.2) is 0 Å². The molecule has 1 saturated heterocycles. The van der Waals surface area contributed by atoms with E-state index in [4.69, 9.17) is 4.74 Å². The molecule has 2 heterocycles. The molecule has 3 rings (SSSR count). The van der Waals surface area contributed by atoms with E-state index in [9.17, 15) is 4.79 Å². The van der Waals surface area contributed by atoms with Gasteiger partial charge in [-0.2, -0.15) is 0 Å². The Morgan fingerprint density at radius 1 is 1.40 bits per heavy atom. The average molecular weight is 288 g/mol. The number of hydrogen-bond donors (Lipinski definition) is 0. The minimum absolute atomic E-state index is 0.0320. The fourth-order valence-corrected chi connectivity index (χ4v) is 3.17. The Bertz CT molecular complexity index is 580. The summed E-state index contributed by atoms with van der Waals surface area (Å²) in [5.74, 6) is 0.869. The van der Waals surface area contributed by atoms with E-state index in [0.717, 1.165) is 30.7 Å². The number of thiazole rings is 1. The number of carbonyl (C=O) groups excluding carboxylic acids is 1. The van der Waals surface area contributed by atoms with Gasteiger partial charge in [0, 0.05) is 11.9 Å². The molecule has 0 radical (unpaired) electrons. The minimum Gasteiger partial charge on any atom is -0.497 e. The lowest BCUT2D eigenvalue weighted by atomic mass is 10.0. The van der Waals surface area contributed by atoms with Gasteiger partial charge in [0.2, 0.25) is 0 Å². The van der Waals surface area contributed by atoms with Crippen molar-refractivity contribution in [3.05, 3.63) is 46.4 Å². The fourth-order valence-electron chi connectivity index (χ4n) is 2.65. The van der Waals surface area contributed by atoms with E-state index in [1.54, 1.807) is 12.6 Å². The number of methoxy groups -OCH3 is 1. The van der Waals surface area contributed by atoms with Crippen molar-refractivity contribution in [3.63, 3.8) is 0 Å². The molecule has 0 saturated carbocycles. The number of benzene rings is 1. The molecule has 0 aliphatic carbocycles. The third-order valence-corrected chi connectivity index (χ3v) is 4.25. The van der Waals surface area contributed by atoms with E-state index in [1.807, 2.05) is 34.5 Å². The third-order valence-electron chi connectivity index (χ3n) is 3.67. The van der Waals surface area contributed by atoms with Gasteiger partial charge in [-0.1, -0.05) is 12.1 Å². The highest BCUT2D eigenvalue weighted by Gasteiger charge is 2.31. The Balaban J connectivity index is 1.83. The zero-order chi connectivity index (χ0) is 13.9. The molecule has 104 valence electrons. The number of carbonyl (C=O) groups is 1. The molecule has 1 aromatic carbocycles. The molecule has 1 atom stereocenters. The number of nitrogens with zero attached hydrogens (tertiary/aromatic N) is 2. The zero-order valence-corrected chi connectivity index (χ0v) is 12.1. The van der Waals surface area contributed by atoms with Gasteiger partial charge in [-0.3, -0.25) is 4.79 Å². The Labute approximate surface area is 122 Å². The monoisotopic (exact) mass is 288 g/mol. The van der Waals surface area contributed by atoms with Crippen molar-refractivity contribution >= 4 is 17.2 Å². The molecule has 0 bridgehead atoms. The first-order chi connectivity index (χ1) is 9.79. The van der Waals surface area contributed by atoms with Gasteiger partial charge in [-0.05, 0) is 30.5 Å². The standard InChI is InChI=1S/C15H16N2O2S/c1-19-12-6-4-11(5-7-12)14-3-2-8-17(14)15(18)13-9-20-10-16-13/h4-7,9-10,14H,2-3,8H2,1H3. The number of amides is 1. The highest BCUT2D eigenvalue weighted by Crippen LogP contribution is 2.33. The van der Waals surface area contributed by atoms with Crippen LogP contribution in [0.2, 0.25) is 0 Å². The predicted molar refractivity (Wildman–Crippen MR) is 78.1 cm³/mol. The summed E-state index contributed by atoms with van der Waals surface area (Å²) in [6.45, 7) is 0.799. The topological polar surface area (TPSA) is 42.4 Å². The molecule has 0 N–H and O–H groups in total. The fraction of sp³-hybridized carbons (Fsp3) is 0.333. The normalized spacial score (nSPS) is 18.2. The Morgan fingerprint density at radius 3 is 2.85 bits per heavy atom. The molecule has 1 aliphatic rings. The molecular formula is C15H16N2O2S. The van der Waals surface area contributed by atoms with Crippen molar-refractivity contribution in [2.75, 3.05) is 13.7 Å². The van der Waals surface area contributed by atoms with Crippen molar-refractivity contribution in [3.8, 4) is 5.75 Å². The molecule has 0 spiro atoms. The van der Waals surface area contributed by atoms with E-state index in [-0.39, 0.29) is 11.9 Å². The Kier molecular flexibility index (Phi) is 3.69. The van der Waals surface area contributed by atoms with Crippen LogP contribution in [0.1, 0.15) is 34.9 Å². The first kappa shape index (κ1) is 13.1. The number of ether oxygens (including phenoxy) is 1. The van der Waals surface area contributed by atoms with Gasteiger partial charge >= 0.3 is 0 Å². The van der Waals surface area contributed by atoms with E-state index in [2.05, 4.69) is 4.98 Å². The Hall–Kier alpha value is -1.88. The van der Waals surface area contributed by atoms with Crippen LogP contribution in [0.5, 0.6) is 5.75 Å². The predicted octanol–water partition coefficient (Wildman–Crippen LogP) is 3.13. The van der Waals surface area contributed by atoms with Gasteiger partial charge < -0.3 is 9.64 Å². The van der Waals surface area contributed by atoms with Crippen molar-refractivity contribution < 1.29 is 9.53 Å². The highest BCUT2D eigenvalue weighted by molar-refractivity contribution is 7.07. The van der Waals surface area contributed by atoms with Gasteiger partial charge in [-0.15, -0.1) is 11.3 Å². The lowest BCUT2D eigenvalue weighted by Crippen LogP contribution is -2.30. The van der Waals surface area contributed by atoms with Gasteiger partial charge in [0.05, 0.1) is 18.7 Å². The lowest BCUT2D eigenvalue weighted by molar-refractivity contribution is 0.0730. The number of aromatic nitrogens is 1. The number of rotatable bonds is 3. The maximum Gasteiger partial charge on any atom is 0.273 e. The molecule has 1 fully saturated rings. The summed E-state index contributed by atoms with van der Waals surface area (Å²) < 4.78 is 5.18. The van der Waals surface area contributed by atoms with E-state index < -0.39 is 0 Å². The molecule has 2 aromatic rings.